The highest BCUT2D eigenvalue weighted by atomic mass is 16.5. The number of hydrogen-bond donors (Lipinski definition) is 0. The lowest BCUT2D eigenvalue weighted by molar-refractivity contribution is -0.137. The summed E-state index contributed by atoms with van der Waals surface area (Å²) in [6.07, 6.45) is 10.5. The van der Waals surface area contributed by atoms with E-state index < -0.39 is 22.3 Å². The minimum absolute atomic E-state index is 0.0651. The van der Waals surface area contributed by atoms with Crippen LogP contribution in [-0.4, -0.2) is 82.5 Å². The van der Waals surface area contributed by atoms with E-state index in [-0.39, 0.29) is 45.3 Å². The van der Waals surface area contributed by atoms with Gasteiger partial charge in [-0.05, 0) is 62.7 Å². The van der Waals surface area contributed by atoms with Crippen molar-refractivity contribution in [2.24, 2.45) is 49.7 Å². The minimum Gasteiger partial charge on any atom is -0.361 e. The fraction of sp³-hybridized carbons (Fsp3) is 0.586. The molecule has 21 nitrogen and oxygen atoms in total. The van der Waals surface area contributed by atoms with Gasteiger partial charge in [-0.25, -0.2) is 11.4 Å². The summed E-state index contributed by atoms with van der Waals surface area (Å²) in [5, 5.41) is 30.9. The summed E-state index contributed by atoms with van der Waals surface area (Å²) in [5.41, 5.74) is 8.60. The topological polar surface area (TPSA) is 239 Å². The highest BCUT2D eigenvalue weighted by Crippen LogP contribution is 2.59. The van der Waals surface area contributed by atoms with Crippen molar-refractivity contribution < 1.29 is 29.1 Å². The first kappa shape index (κ1) is 53.3. The third kappa shape index (κ3) is 7.94. The van der Waals surface area contributed by atoms with E-state index in [4.69, 9.17) is 47.9 Å². The predicted molar refractivity (Wildman–Crippen MR) is 288 cm³/mol. The Kier molecular flexibility index (Phi) is 12.5. The van der Waals surface area contributed by atoms with E-state index in [0.717, 1.165) is 96.0 Å². The molecule has 1 fully saturated rings. The summed E-state index contributed by atoms with van der Waals surface area (Å²) in [5.74, 6) is 5.05. The Balaban J connectivity index is 0.000000133. The third-order valence-corrected chi connectivity index (χ3v) is 19.0. The molecule has 0 N–H and O–H groups in total. The lowest BCUT2D eigenvalue weighted by atomic mass is 9.50. The molecule has 0 spiro atoms. The molecule has 21 heteroatoms. The number of rotatable bonds is 3. The molecule has 7 aromatic rings. The van der Waals surface area contributed by atoms with Crippen LogP contribution in [0.4, 0.5) is 0 Å². The first-order chi connectivity index (χ1) is 37.7. The van der Waals surface area contributed by atoms with E-state index in [9.17, 15) is 9.59 Å². The van der Waals surface area contributed by atoms with Gasteiger partial charge in [-0.2, -0.15) is 30.2 Å². The van der Waals surface area contributed by atoms with Crippen molar-refractivity contribution in [3.05, 3.63) is 104 Å². The van der Waals surface area contributed by atoms with Crippen molar-refractivity contribution in [1.29, 1.82) is 0 Å². The van der Waals surface area contributed by atoms with Crippen LogP contribution in [-0.2, 0) is 78.1 Å². The van der Waals surface area contributed by atoms with Crippen LogP contribution in [0.15, 0.2) is 36.1 Å². The molecular weight excluding hydrogens is 1000 g/mol. The Labute approximate surface area is 461 Å². The number of carbonyl (C=O) groups excluding carboxylic acids is 2. The molecule has 1 unspecified atom stereocenters. The molecular formula is C58H71N15O6. The second-order valence-corrected chi connectivity index (χ2v) is 24.9. The third-order valence-electron chi connectivity index (χ3n) is 19.0. The molecule has 79 heavy (non-hydrogen) atoms. The summed E-state index contributed by atoms with van der Waals surface area (Å²) < 4.78 is 32.4. The van der Waals surface area contributed by atoms with Crippen LogP contribution in [0, 0.1) is 62.5 Å². The molecule has 13 rings (SSSR count). The van der Waals surface area contributed by atoms with Crippen LogP contribution in [0.25, 0.3) is 44.2 Å². The van der Waals surface area contributed by atoms with Gasteiger partial charge in [0.1, 0.15) is 22.8 Å². The molecule has 0 amide bonds. The summed E-state index contributed by atoms with van der Waals surface area (Å²) in [4.78, 5) is 45.9. The first-order valence-electron chi connectivity index (χ1n) is 27.8. The zero-order chi connectivity index (χ0) is 58.0. The number of ketones is 2. The zero-order valence-electron chi connectivity index (χ0n) is 49.3. The second kappa shape index (κ2) is 18.5. The lowest BCUT2D eigenvalue weighted by Gasteiger charge is -2.51. The molecule has 7 atom stereocenters. The van der Waals surface area contributed by atoms with Crippen LogP contribution < -0.4 is 0 Å². The average molecular weight is 1080 g/mol. The molecule has 0 aliphatic heterocycles. The van der Waals surface area contributed by atoms with E-state index in [0.29, 0.717) is 47.5 Å². The van der Waals surface area contributed by atoms with Crippen molar-refractivity contribution in [2.75, 3.05) is 0 Å². The standard InChI is InChI=1S/2C19H23N5O2.C19H21N5O2.CH4/c1-10-21-17(23-25-10)14-12-6-7-13-18(2,3)16-11(9-20-26-16)8-19(13,4)15(12)22-24(14)5;2*1-10-21-17(23-26-10)14-11-7-8-13-18(2,3)16(25)12(20-5)9-19(13,4)15(11)22-24(14)6;/h9,13H,6-8H2,1-5H3;12-13H,7-9H2,1-4,6H3;9,13H,7-8H2,1-4,6H3;1H4/t13-,19-;12?,13-,19-;13-,19-;/m000./s1/i;;;1T. The predicted octanol–water partition coefficient (Wildman–Crippen LogP) is 9.65. The summed E-state index contributed by atoms with van der Waals surface area (Å²) in [6, 6.07) is -0.602. The van der Waals surface area contributed by atoms with Gasteiger partial charge in [0.15, 0.2) is 5.78 Å². The summed E-state index contributed by atoms with van der Waals surface area (Å²) in [7, 11) is 6.98. The van der Waals surface area contributed by atoms with Crippen molar-refractivity contribution in [2.45, 2.75) is 170 Å². The van der Waals surface area contributed by atoms with Crippen molar-refractivity contribution in [1.82, 2.24) is 64.9 Å². The normalized spacial score (nSPS) is 27.3. The van der Waals surface area contributed by atoms with Gasteiger partial charge in [0.05, 0.1) is 29.9 Å². The van der Waals surface area contributed by atoms with Crippen LogP contribution in [0.1, 0.15) is 160 Å². The van der Waals surface area contributed by atoms with E-state index in [1.165, 1.54) is 18.5 Å². The maximum absolute atomic E-state index is 12.8. The monoisotopic (exact) mass is 1080 g/mol. The van der Waals surface area contributed by atoms with Crippen LogP contribution in [0.3, 0.4) is 0 Å². The first-order valence-corrected chi connectivity index (χ1v) is 26.8. The van der Waals surface area contributed by atoms with E-state index in [2.05, 4.69) is 79.9 Å². The highest BCUT2D eigenvalue weighted by Gasteiger charge is 2.62. The van der Waals surface area contributed by atoms with Gasteiger partial charge in [-0.15, -0.1) is 0 Å². The Bertz CT molecular complexity index is 3730. The number of allylic oxidation sites excluding steroid dienone is 2. The maximum Gasteiger partial charge on any atom is 0.282 e. The number of Topliss-reactive ketones (excluding diaryl/α,β-unsaturated/α-hetero) is 2. The lowest BCUT2D eigenvalue weighted by Crippen LogP contribution is -2.56. The molecule has 1 saturated carbocycles. The van der Waals surface area contributed by atoms with Gasteiger partial charge in [-0.3, -0.25) is 18.8 Å². The number of aromatic nitrogens is 13. The van der Waals surface area contributed by atoms with Crippen LogP contribution in [0.2, 0.25) is 0 Å². The van der Waals surface area contributed by atoms with Crippen molar-refractivity contribution >= 4 is 11.6 Å². The van der Waals surface area contributed by atoms with E-state index in [1.807, 2.05) is 77.4 Å². The molecule has 0 aromatic carbocycles. The van der Waals surface area contributed by atoms with Crippen LogP contribution >= 0.6 is 0 Å². The Morgan fingerprint density at radius 2 is 1.06 bits per heavy atom. The molecule has 6 aliphatic rings. The van der Waals surface area contributed by atoms with Gasteiger partial charge in [-0.1, -0.05) is 96.4 Å². The molecule has 7 aromatic heterocycles. The maximum atomic E-state index is 12.8. The molecule has 0 saturated heterocycles. The number of fused-ring (bicyclic) bond motifs is 10. The number of hydrogen-bond acceptors (Lipinski definition) is 16. The van der Waals surface area contributed by atoms with E-state index >= 15 is 0 Å². The van der Waals surface area contributed by atoms with Crippen molar-refractivity contribution in [3.63, 3.8) is 0 Å². The van der Waals surface area contributed by atoms with Crippen molar-refractivity contribution in [3.8, 4) is 34.6 Å². The zero-order valence-corrected chi connectivity index (χ0v) is 48.3. The average Bonchev–Trinajstić information content (AvgIpc) is 4.04. The fourth-order valence-corrected chi connectivity index (χ4v) is 15.7. The summed E-state index contributed by atoms with van der Waals surface area (Å²) >= 11 is 0. The number of carbonyl (C=O) groups is 2. The Morgan fingerprint density at radius 3 is 1.52 bits per heavy atom. The number of nitrogens with zero attached hydrogens (tertiary/aromatic N) is 15. The quantitative estimate of drug-likeness (QED) is 0.150. The van der Waals surface area contributed by atoms with Gasteiger partial charge in [0.25, 0.3) is 6.04 Å². The molecule has 7 heterocycles. The number of aryl methyl sites for hydroxylation is 6. The molecule has 414 valence electrons. The van der Waals surface area contributed by atoms with Gasteiger partial charge in [0, 0.05) is 104 Å². The van der Waals surface area contributed by atoms with E-state index in [1.54, 1.807) is 18.5 Å². The van der Waals surface area contributed by atoms with Gasteiger partial charge in [0.2, 0.25) is 46.6 Å². The van der Waals surface area contributed by atoms with Gasteiger partial charge < -0.3 is 27.7 Å². The second-order valence-electron chi connectivity index (χ2n) is 24.9. The minimum atomic E-state index is -0.602. The van der Waals surface area contributed by atoms with Gasteiger partial charge >= 0.3 is 0 Å². The molecule has 0 bridgehead atoms. The molecule has 0 radical (unpaired) electrons. The largest absolute Gasteiger partial charge is 0.361 e. The highest BCUT2D eigenvalue weighted by molar-refractivity contribution is 6.02. The fourth-order valence-electron chi connectivity index (χ4n) is 15.7. The smallest absolute Gasteiger partial charge is 0.282 e. The Hall–Kier alpha value is -7.68. The van der Waals surface area contributed by atoms with Crippen LogP contribution in [0.5, 0.6) is 0 Å². The molecule has 6 aliphatic carbocycles. The SMILES string of the molecule is Cc1nc(-c2c3c(nn2C)[C@@]2(C)Cc4cnoc4C(C)(C)[C@@H]2CC3)no1.[3H]C.[C-]#[N+]C1=C[C@]2(C)c3nn(C)c(-c4noc(C)n4)c3CC[C@H]2C(C)(C)C1=O.[C-]#[N+]C1C[C@]2(C)c3nn(C)c(-c4noc(C)n4)c3CC[C@H]2C(C)(C)C1=O. The summed E-state index contributed by atoms with van der Waals surface area (Å²) in [6.45, 7) is 39.3. The Morgan fingerprint density at radius 1 is 0.620 bits per heavy atom.